The van der Waals surface area contributed by atoms with E-state index in [1.807, 2.05) is 24.3 Å². The van der Waals surface area contributed by atoms with E-state index < -0.39 is 5.97 Å². The fraction of sp³-hybridized carbons (Fsp3) is 0.267. The molecule has 0 saturated carbocycles. The first-order valence-electron chi connectivity index (χ1n) is 6.79. The van der Waals surface area contributed by atoms with Crippen LogP contribution in [0.1, 0.15) is 10.4 Å². The molecule has 0 unspecified atom stereocenters. The summed E-state index contributed by atoms with van der Waals surface area (Å²) >= 11 is 0. The number of ether oxygens (including phenoxy) is 2. The van der Waals surface area contributed by atoms with E-state index in [0.29, 0.717) is 29.8 Å². The lowest BCUT2D eigenvalue weighted by atomic mass is 10.2. The maximum Gasteiger partial charge on any atom is 0.343 e. The normalized spacial score (nSPS) is 11.2. The van der Waals surface area contributed by atoms with Crippen molar-refractivity contribution >= 4 is 34.0 Å². The summed E-state index contributed by atoms with van der Waals surface area (Å²) in [6, 6.07) is 7.46. The third-order valence-electron chi connectivity index (χ3n) is 3.50. The second-order valence-electron chi connectivity index (χ2n) is 4.78. The number of anilines is 1. The fourth-order valence-electron chi connectivity index (χ4n) is 2.43. The molecule has 7 nitrogen and oxygen atoms in total. The largest absolute Gasteiger partial charge is 0.465 e. The molecule has 7 heteroatoms. The van der Waals surface area contributed by atoms with E-state index in [1.165, 1.54) is 7.11 Å². The molecule has 0 bridgehead atoms. The number of rotatable bonds is 4. The van der Waals surface area contributed by atoms with Crippen molar-refractivity contribution in [1.82, 2.24) is 14.5 Å². The molecule has 22 heavy (non-hydrogen) atoms. The number of carbonyl (C=O) groups is 1. The molecule has 0 aliphatic heterocycles. The molecule has 0 fully saturated rings. The van der Waals surface area contributed by atoms with Crippen LogP contribution in [0.2, 0.25) is 0 Å². The summed E-state index contributed by atoms with van der Waals surface area (Å²) in [5.74, 6) is -0.238. The number of nitrogen functional groups attached to an aromatic ring is 1. The highest BCUT2D eigenvalue weighted by Gasteiger charge is 2.24. The van der Waals surface area contributed by atoms with Gasteiger partial charge >= 0.3 is 5.97 Å². The average molecular weight is 300 g/mol. The van der Waals surface area contributed by atoms with Crippen LogP contribution in [-0.4, -0.2) is 41.3 Å². The predicted molar refractivity (Wildman–Crippen MR) is 82.7 cm³/mol. The Balaban J connectivity index is 2.34. The Morgan fingerprint density at radius 2 is 1.91 bits per heavy atom. The number of benzene rings is 1. The van der Waals surface area contributed by atoms with Crippen molar-refractivity contribution in [3.63, 3.8) is 0 Å². The number of esters is 1. The standard InChI is InChI=1S/C15H16N4O3/c1-21-8-7-19-13(16)11(15(20)22-2)12-14(19)18-10-6-4-3-5-9(10)17-12/h3-6H,7-8,16H2,1-2H3. The minimum absolute atomic E-state index is 0.242. The SMILES string of the molecule is COCCn1c(N)c(C(=O)OC)c2nc3ccccc3nc21. The van der Waals surface area contributed by atoms with Crippen molar-refractivity contribution < 1.29 is 14.3 Å². The minimum Gasteiger partial charge on any atom is -0.465 e. The number of para-hydroxylation sites is 2. The third kappa shape index (κ3) is 2.15. The second-order valence-corrected chi connectivity index (χ2v) is 4.78. The predicted octanol–water partition coefficient (Wildman–Crippen LogP) is 1.60. The number of hydrogen-bond donors (Lipinski definition) is 1. The Hall–Kier alpha value is -2.67. The molecule has 1 aromatic carbocycles. The van der Waals surface area contributed by atoms with Gasteiger partial charge < -0.3 is 19.8 Å². The van der Waals surface area contributed by atoms with Gasteiger partial charge in [0.15, 0.2) is 5.65 Å². The zero-order valence-electron chi connectivity index (χ0n) is 12.4. The van der Waals surface area contributed by atoms with E-state index in [1.54, 1.807) is 11.7 Å². The van der Waals surface area contributed by atoms with Crippen LogP contribution in [0, 0.1) is 0 Å². The monoisotopic (exact) mass is 300 g/mol. The molecule has 0 radical (unpaired) electrons. The Labute approximate surface area is 126 Å². The van der Waals surface area contributed by atoms with Gasteiger partial charge in [0.2, 0.25) is 0 Å². The van der Waals surface area contributed by atoms with Crippen LogP contribution in [0.4, 0.5) is 5.82 Å². The van der Waals surface area contributed by atoms with Crippen LogP contribution in [0.3, 0.4) is 0 Å². The first-order chi connectivity index (χ1) is 10.7. The summed E-state index contributed by atoms with van der Waals surface area (Å²) in [6.45, 7) is 0.923. The topological polar surface area (TPSA) is 92.3 Å². The van der Waals surface area contributed by atoms with E-state index in [9.17, 15) is 4.79 Å². The summed E-state index contributed by atoms with van der Waals surface area (Å²) in [6.07, 6.45) is 0. The van der Waals surface area contributed by atoms with Crippen molar-refractivity contribution in [3.8, 4) is 0 Å². The van der Waals surface area contributed by atoms with Gasteiger partial charge in [-0.05, 0) is 12.1 Å². The van der Waals surface area contributed by atoms with Crippen molar-refractivity contribution in [2.24, 2.45) is 0 Å². The zero-order chi connectivity index (χ0) is 15.7. The van der Waals surface area contributed by atoms with E-state index in [4.69, 9.17) is 15.2 Å². The summed E-state index contributed by atoms with van der Waals surface area (Å²) < 4.78 is 11.6. The van der Waals surface area contributed by atoms with Crippen molar-refractivity contribution in [3.05, 3.63) is 29.8 Å². The van der Waals surface area contributed by atoms with Crippen LogP contribution < -0.4 is 5.73 Å². The third-order valence-corrected chi connectivity index (χ3v) is 3.50. The number of aromatic nitrogens is 3. The summed E-state index contributed by atoms with van der Waals surface area (Å²) in [5.41, 5.74) is 8.80. The molecule has 2 heterocycles. The second kappa shape index (κ2) is 5.61. The van der Waals surface area contributed by atoms with Crippen LogP contribution in [-0.2, 0) is 16.0 Å². The van der Waals surface area contributed by atoms with Crippen molar-refractivity contribution in [2.75, 3.05) is 26.6 Å². The van der Waals surface area contributed by atoms with Gasteiger partial charge in [-0.25, -0.2) is 14.8 Å². The summed E-state index contributed by atoms with van der Waals surface area (Å²) in [4.78, 5) is 21.2. The van der Waals surface area contributed by atoms with Gasteiger partial charge in [-0.1, -0.05) is 12.1 Å². The zero-order valence-corrected chi connectivity index (χ0v) is 12.4. The molecule has 114 valence electrons. The summed E-state index contributed by atoms with van der Waals surface area (Å²) in [7, 11) is 2.92. The number of methoxy groups -OCH3 is 2. The van der Waals surface area contributed by atoms with Crippen molar-refractivity contribution in [1.29, 1.82) is 0 Å². The molecular formula is C15H16N4O3. The van der Waals surface area contributed by atoms with Crippen LogP contribution in [0.5, 0.6) is 0 Å². The summed E-state index contributed by atoms with van der Waals surface area (Å²) in [5, 5.41) is 0. The molecule has 3 aromatic rings. The average Bonchev–Trinajstić information content (AvgIpc) is 2.81. The maximum atomic E-state index is 12.1. The highest BCUT2D eigenvalue weighted by atomic mass is 16.5. The van der Waals surface area contributed by atoms with E-state index in [2.05, 4.69) is 9.97 Å². The van der Waals surface area contributed by atoms with E-state index >= 15 is 0 Å². The molecule has 2 N–H and O–H groups in total. The first-order valence-corrected chi connectivity index (χ1v) is 6.79. The molecule has 0 atom stereocenters. The van der Waals surface area contributed by atoms with Gasteiger partial charge in [0.05, 0.1) is 24.8 Å². The first kappa shape index (κ1) is 14.3. The number of carbonyl (C=O) groups excluding carboxylic acids is 1. The number of nitrogens with zero attached hydrogens (tertiary/aromatic N) is 3. The van der Waals surface area contributed by atoms with Crippen LogP contribution in [0.25, 0.3) is 22.2 Å². The molecular weight excluding hydrogens is 284 g/mol. The van der Waals surface area contributed by atoms with Crippen LogP contribution in [0.15, 0.2) is 24.3 Å². The lowest BCUT2D eigenvalue weighted by Gasteiger charge is -2.06. The molecule has 0 aliphatic rings. The number of nitrogens with two attached hydrogens (primary N) is 1. The Kier molecular flexibility index (Phi) is 3.64. The molecule has 2 aromatic heterocycles. The van der Waals surface area contributed by atoms with Crippen molar-refractivity contribution in [2.45, 2.75) is 6.54 Å². The van der Waals surface area contributed by atoms with Gasteiger partial charge in [0.1, 0.15) is 16.9 Å². The van der Waals surface area contributed by atoms with E-state index in [-0.39, 0.29) is 11.4 Å². The molecule has 0 saturated heterocycles. The van der Waals surface area contributed by atoms with Gasteiger partial charge in [0.25, 0.3) is 0 Å². The molecule has 0 amide bonds. The van der Waals surface area contributed by atoms with Gasteiger partial charge in [-0.15, -0.1) is 0 Å². The quantitative estimate of drug-likeness (QED) is 0.736. The Morgan fingerprint density at radius 3 is 2.55 bits per heavy atom. The lowest BCUT2D eigenvalue weighted by molar-refractivity contribution is 0.0603. The van der Waals surface area contributed by atoms with Gasteiger partial charge in [-0.2, -0.15) is 0 Å². The van der Waals surface area contributed by atoms with Gasteiger partial charge in [0, 0.05) is 13.7 Å². The highest BCUT2D eigenvalue weighted by Crippen LogP contribution is 2.28. The van der Waals surface area contributed by atoms with E-state index in [0.717, 1.165) is 5.52 Å². The smallest absolute Gasteiger partial charge is 0.343 e. The molecule has 3 rings (SSSR count). The maximum absolute atomic E-state index is 12.1. The lowest BCUT2D eigenvalue weighted by Crippen LogP contribution is -2.10. The molecule has 0 spiro atoms. The Bertz CT molecular complexity index is 857. The number of fused-ring (bicyclic) bond motifs is 2. The molecule has 0 aliphatic carbocycles. The highest BCUT2D eigenvalue weighted by molar-refractivity contribution is 6.08. The fourth-order valence-corrected chi connectivity index (χ4v) is 2.43. The Morgan fingerprint density at radius 1 is 1.23 bits per heavy atom. The number of hydrogen-bond acceptors (Lipinski definition) is 6. The van der Waals surface area contributed by atoms with Gasteiger partial charge in [-0.3, -0.25) is 0 Å². The van der Waals surface area contributed by atoms with Crippen LogP contribution >= 0.6 is 0 Å². The minimum atomic E-state index is -0.525.